The van der Waals surface area contributed by atoms with Crippen molar-refractivity contribution >= 4 is 19.7 Å². The number of nitrogens with zero attached hydrogens (tertiary/aromatic N) is 3. The second-order valence-electron chi connectivity index (χ2n) is 8.40. The number of carbonyl (C=O) groups excluding carboxylic acids is 1. The van der Waals surface area contributed by atoms with Gasteiger partial charge in [-0.2, -0.15) is 4.98 Å². The monoisotopic (exact) mass is 554 g/mol. The third kappa shape index (κ3) is 6.75. The molecule has 1 aliphatic rings. The molecular weight excluding hydrogens is 526 g/mol. The molecule has 38 heavy (non-hydrogen) atoms. The van der Waals surface area contributed by atoms with E-state index in [0.29, 0.717) is 4.57 Å². The Morgan fingerprint density at radius 1 is 1.34 bits per heavy atom. The van der Waals surface area contributed by atoms with Crippen molar-refractivity contribution in [3.63, 3.8) is 0 Å². The van der Waals surface area contributed by atoms with Gasteiger partial charge in [0.1, 0.15) is 24.3 Å². The molecular formula is C23H28FN4O9P. The van der Waals surface area contributed by atoms with Crippen LogP contribution in [0.15, 0.2) is 41.5 Å². The van der Waals surface area contributed by atoms with Crippen molar-refractivity contribution in [2.24, 2.45) is 0 Å². The highest BCUT2D eigenvalue weighted by molar-refractivity contribution is 7.49. The largest absolute Gasteiger partial charge is 0.530 e. The molecule has 3 rings (SSSR count). The zero-order valence-electron chi connectivity index (χ0n) is 21.0. The van der Waals surface area contributed by atoms with Crippen molar-refractivity contribution in [1.82, 2.24) is 14.5 Å². The fraction of sp³-hybridized carbons (Fsp3) is 0.478. The molecule has 3 N–H and O–H groups in total. The molecule has 206 valence electrons. The number of para-hydroxylation sites is 1. The maximum atomic E-state index is 15.9. The Hall–Kier alpha value is -3.34. The molecule has 1 saturated heterocycles. The van der Waals surface area contributed by atoms with Crippen LogP contribution in [0, 0.1) is 11.8 Å². The molecule has 0 bridgehead atoms. The van der Waals surface area contributed by atoms with Crippen LogP contribution in [0.1, 0.15) is 33.9 Å². The average molecular weight is 554 g/mol. The van der Waals surface area contributed by atoms with Crippen LogP contribution >= 0.6 is 7.82 Å². The molecule has 0 amide bonds. The van der Waals surface area contributed by atoms with E-state index in [1.807, 2.05) is 0 Å². The lowest BCUT2D eigenvalue weighted by Gasteiger charge is -2.24. The van der Waals surface area contributed by atoms with Gasteiger partial charge in [-0.15, -0.1) is 5.92 Å². The number of hydrogen-bond donors (Lipinski definition) is 2. The molecule has 1 aliphatic heterocycles. The normalized spacial score (nSPS) is 25.2. The number of aliphatic hydroxyl groups is 1. The number of benzene rings is 1. The number of aromatic nitrogens is 3. The zero-order chi connectivity index (χ0) is 28.1. The number of phosphoric ester groups is 1. The van der Waals surface area contributed by atoms with Gasteiger partial charge in [-0.25, -0.2) is 23.5 Å². The molecule has 15 heteroatoms. The third-order valence-electron chi connectivity index (χ3n) is 5.09. The standard InChI is InChI=1S/C23H28FN4O9P/c1-5-11-23(24)18(29)17(35-20(23)28-13-26-21(25)27-22(28)31)12-33-38(32,37-16-9-7-6-8-10-16)36-15(4)19(30)34-14(2)3/h6-10,13-15,17-18,20,29H,12H2,1-4H3,(H2,25,27,31)/t15-,17+,18?,20+,23+,38-/m0/s1. The molecule has 1 aromatic heterocycles. The van der Waals surface area contributed by atoms with Crippen LogP contribution in [0.3, 0.4) is 0 Å². The first-order chi connectivity index (χ1) is 17.9. The van der Waals surface area contributed by atoms with Crippen molar-refractivity contribution in [3.8, 4) is 17.6 Å². The lowest BCUT2D eigenvalue weighted by Crippen LogP contribution is -2.44. The Labute approximate surface area is 217 Å². The number of esters is 1. The molecule has 0 radical (unpaired) electrons. The first-order valence-corrected chi connectivity index (χ1v) is 12.9. The summed E-state index contributed by atoms with van der Waals surface area (Å²) in [6.45, 7) is 5.09. The fourth-order valence-electron chi connectivity index (χ4n) is 3.42. The van der Waals surface area contributed by atoms with Crippen LogP contribution in [0.2, 0.25) is 0 Å². The minimum atomic E-state index is -4.60. The molecule has 2 aromatic rings. The molecule has 6 atom stereocenters. The summed E-state index contributed by atoms with van der Waals surface area (Å²) in [6.07, 6.45) is -6.28. The van der Waals surface area contributed by atoms with Gasteiger partial charge in [0.15, 0.2) is 12.3 Å². The first-order valence-electron chi connectivity index (χ1n) is 11.4. The smallest absolute Gasteiger partial charge is 0.461 e. The van der Waals surface area contributed by atoms with Crippen LogP contribution in [0.5, 0.6) is 5.75 Å². The van der Waals surface area contributed by atoms with E-state index in [1.54, 1.807) is 32.0 Å². The summed E-state index contributed by atoms with van der Waals surface area (Å²) in [6, 6.07) is 7.80. The Balaban J connectivity index is 1.86. The van der Waals surface area contributed by atoms with E-state index >= 15 is 4.39 Å². The predicted molar refractivity (Wildman–Crippen MR) is 130 cm³/mol. The molecule has 1 aromatic carbocycles. The number of alkyl halides is 1. The summed E-state index contributed by atoms with van der Waals surface area (Å²) >= 11 is 0. The summed E-state index contributed by atoms with van der Waals surface area (Å²) in [7, 11) is -4.60. The van der Waals surface area contributed by atoms with Crippen LogP contribution in [-0.2, 0) is 27.9 Å². The van der Waals surface area contributed by atoms with Crippen LogP contribution in [-0.4, -0.2) is 62.3 Å². The fourth-order valence-corrected chi connectivity index (χ4v) is 4.76. The van der Waals surface area contributed by atoms with Crippen molar-refractivity contribution in [3.05, 3.63) is 47.1 Å². The van der Waals surface area contributed by atoms with Crippen molar-refractivity contribution in [1.29, 1.82) is 0 Å². The number of nitrogen functional groups attached to an aromatic ring is 1. The highest BCUT2D eigenvalue weighted by atomic mass is 31.2. The van der Waals surface area contributed by atoms with E-state index in [1.165, 1.54) is 26.0 Å². The van der Waals surface area contributed by atoms with E-state index < -0.39 is 62.4 Å². The number of nitrogens with two attached hydrogens (primary N) is 1. The Bertz CT molecular complexity index is 1300. The zero-order valence-corrected chi connectivity index (χ0v) is 21.9. The molecule has 1 unspecified atom stereocenters. The summed E-state index contributed by atoms with van der Waals surface area (Å²) in [5.41, 5.74) is 1.58. The van der Waals surface area contributed by atoms with Gasteiger partial charge in [-0.1, -0.05) is 24.1 Å². The maximum absolute atomic E-state index is 15.9. The van der Waals surface area contributed by atoms with Gasteiger partial charge in [0, 0.05) is 0 Å². The van der Waals surface area contributed by atoms with Crippen molar-refractivity contribution in [2.75, 3.05) is 12.3 Å². The molecule has 0 aliphatic carbocycles. The molecule has 2 heterocycles. The van der Waals surface area contributed by atoms with Crippen LogP contribution in [0.25, 0.3) is 0 Å². The van der Waals surface area contributed by atoms with Gasteiger partial charge in [-0.3, -0.25) is 13.6 Å². The number of aliphatic hydroxyl groups excluding tert-OH is 1. The summed E-state index contributed by atoms with van der Waals surface area (Å²) < 4.78 is 56.9. The van der Waals surface area contributed by atoms with E-state index in [9.17, 15) is 19.3 Å². The highest BCUT2D eigenvalue weighted by Crippen LogP contribution is 2.52. The number of anilines is 1. The van der Waals surface area contributed by atoms with E-state index in [2.05, 4.69) is 21.8 Å². The maximum Gasteiger partial charge on any atom is 0.530 e. The Morgan fingerprint density at radius 2 is 2.03 bits per heavy atom. The van der Waals surface area contributed by atoms with Crippen molar-refractivity contribution in [2.45, 2.75) is 64.0 Å². The minimum absolute atomic E-state index is 0.0771. The van der Waals surface area contributed by atoms with Gasteiger partial charge in [0.05, 0.1) is 12.7 Å². The van der Waals surface area contributed by atoms with E-state index in [4.69, 9.17) is 28.8 Å². The number of halogens is 1. The van der Waals surface area contributed by atoms with Gasteiger partial charge in [0.25, 0.3) is 0 Å². The lowest BCUT2D eigenvalue weighted by atomic mass is 9.96. The SMILES string of the molecule is CC#C[C@@]1(F)C(O)[C@@H](CO[P@](=O)(Oc2ccccc2)O[C@@H](C)C(=O)OC(C)C)O[C@H]1n1cnc(N)nc1=O. The van der Waals surface area contributed by atoms with Gasteiger partial charge >= 0.3 is 19.5 Å². The number of phosphoric acid groups is 1. The minimum Gasteiger partial charge on any atom is -0.461 e. The van der Waals surface area contributed by atoms with Crippen LogP contribution in [0.4, 0.5) is 10.3 Å². The lowest BCUT2D eigenvalue weighted by molar-refractivity contribution is -0.156. The molecule has 0 spiro atoms. The van der Waals surface area contributed by atoms with Crippen molar-refractivity contribution < 1.29 is 41.9 Å². The molecule has 1 fully saturated rings. The van der Waals surface area contributed by atoms with Crippen LogP contribution < -0.4 is 15.9 Å². The highest BCUT2D eigenvalue weighted by Gasteiger charge is 2.58. The Morgan fingerprint density at radius 3 is 2.63 bits per heavy atom. The molecule has 0 saturated carbocycles. The first kappa shape index (κ1) is 29.2. The summed E-state index contributed by atoms with van der Waals surface area (Å²) in [4.78, 5) is 31.6. The van der Waals surface area contributed by atoms with Gasteiger partial charge in [0.2, 0.25) is 11.6 Å². The second-order valence-corrected chi connectivity index (χ2v) is 9.95. The third-order valence-corrected chi connectivity index (χ3v) is 6.56. The van der Waals surface area contributed by atoms with Gasteiger partial charge < -0.3 is 24.8 Å². The summed E-state index contributed by atoms with van der Waals surface area (Å²) in [5.74, 6) is 3.45. The average Bonchev–Trinajstić information content (AvgIpc) is 3.08. The Kier molecular flexibility index (Phi) is 9.24. The number of ether oxygens (including phenoxy) is 2. The van der Waals surface area contributed by atoms with Gasteiger partial charge in [-0.05, 0) is 39.8 Å². The topological polar surface area (TPSA) is 174 Å². The number of hydrogen-bond acceptors (Lipinski definition) is 12. The second kappa shape index (κ2) is 12.0. The number of rotatable bonds is 10. The quantitative estimate of drug-likeness (QED) is 0.248. The van der Waals surface area contributed by atoms with E-state index in [-0.39, 0.29) is 11.7 Å². The van der Waals surface area contributed by atoms with E-state index in [0.717, 1.165) is 6.33 Å². The number of carbonyl (C=O) groups is 1. The predicted octanol–water partition coefficient (Wildman–Crippen LogP) is 1.77. The molecule has 13 nitrogen and oxygen atoms in total. The summed E-state index contributed by atoms with van der Waals surface area (Å²) in [5, 5.41) is 10.8.